The van der Waals surface area contributed by atoms with Gasteiger partial charge in [0, 0.05) is 37.2 Å². The van der Waals surface area contributed by atoms with Crippen molar-refractivity contribution in [3.05, 3.63) is 52.5 Å². The lowest BCUT2D eigenvalue weighted by atomic mass is 10.1. The molecule has 2 unspecified atom stereocenters. The molecule has 2 atom stereocenters. The van der Waals surface area contributed by atoms with Gasteiger partial charge in [0.25, 0.3) is 0 Å². The summed E-state index contributed by atoms with van der Waals surface area (Å²) in [5.41, 5.74) is 5.71. The quantitative estimate of drug-likeness (QED) is 0.763. The maximum absolute atomic E-state index is 11.7. The molecule has 4 rings (SSSR count). The van der Waals surface area contributed by atoms with Crippen LogP contribution in [0.2, 0.25) is 0 Å². The van der Waals surface area contributed by atoms with E-state index in [0.29, 0.717) is 5.58 Å². The van der Waals surface area contributed by atoms with E-state index in [1.165, 1.54) is 15.8 Å². The van der Waals surface area contributed by atoms with Crippen molar-refractivity contribution in [1.29, 1.82) is 0 Å². The molecule has 2 heterocycles. The highest BCUT2D eigenvalue weighted by Gasteiger charge is 2.22. The van der Waals surface area contributed by atoms with Gasteiger partial charge in [-0.05, 0) is 62.7 Å². The fourth-order valence-corrected chi connectivity index (χ4v) is 3.73. The number of aromatic nitrogens is 1. The molecule has 1 fully saturated rings. The second kappa shape index (κ2) is 6.78. The van der Waals surface area contributed by atoms with E-state index < -0.39 is 0 Å². The van der Waals surface area contributed by atoms with Crippen molar-refractivity contribution in [2.24, 2.45) is 7.05 Å². The molecule has 0 aliphatic carbocycles. The molecule has 2 aromatic carbocycles. The Morgan fingerprint density at radius 1 is 1.07 bits per heavy atom. The van der Waals surface area contributed by atoms with Crippen LogP contribution in [0.5, 0.6) is 0 Å². The Bertz CT molecular complexity index is 1030. The summed E-state index contributed by atoms with van der Waals surface area (Å²) >= 11 is 0. The molecule has 0 amide bonds. The number of hydrogen-bond acceptors (Lipinski definition) is 5. The van der Waals surface area contributed by atoms with Crippen molar-refractivity contribution in [3.8, 4) is 0 Å². The Hall–Kier alpha value is -2.73. The summed E-state index contributed by atoms with van der Waals surface area (Å²) in [6.45, 7) is 8.14. The molecule has 0 bridgehead atoms. The van der Waals surface area contributed by atoms with E-state index in [1.54, 1.807) is 7.05 Å². The number of benzene rings is 2. The Kier molecular flexibility index (Phi) is 4.44. The minimum atomic E-state index is -0.350. The van der Waals surface area contributed by atoms with Gasteiger partial charge in [-0.1, -0.05) is 0 Å². The predicted octanol–water partition coefficient (Wildman–Crippen LogP) is 3.80. The van der Waals surface area contributed by atoms with Crippen LogP contribution < -0.4 is 16.0 Å². The van der Waals surface area contributed by atoms with Crippen LogP contribution in [0.25, 0.3) is 11.1 Å². The molecule has 6 nitrogen and oxygen atoms in total. The van der Waals surface area contributed by atoms with Crippen LogP contribution >= 0.6 is 0 Å². The van der Waals surface area contributed by atoms with E-state index in [9.17, 15) is 4.79 Å². The Balaban J connectivity index is 1.58. The van der Waals surface area contributed by atoms with Gasteiger partial charge < -0.3 is 19.4 Å². The summed E-state index contributed by atoms with van der Waals surface area (Å²) < 4.78 is 12.5. The zero-order chi connectivity index (χ0) is 19.1. The molecule has 1 N–H and O–H groups in total. The van der Waals surface area contributed by atoms with Crippen molar-refractivity contribution < 1.29 is 9.15 Å². The molecule has 0 saturated carbocycles. The van der Waals surface area contributed by atoms with Crippen molar-refractivity contribution in [2.45, 2.75) is 33.0 Å². The number of morpholine rings is 1. The highest BCUT2D eigenvalue weighted by atomic mass is 16.5. The van der Waals surface area contributed by atoms with Crippen LogP contribution in [0.1, 0.15) is 19.4 Å². The summed E-state index contributed by atoms with van der Waals surface area (Å²) in [6.07, 6.45) is 0.473. The molecule has 1 aliphatic heterocycles. The van der Waals surface area contributed by atoms with Gasteiger partial charge in [-0.2, -0.15) is 0 Å². The van der Waals surface area contributed by atoms with E-state index in [4.69, 9.17) is 9.15 Å². The second-order valence-electron chi connectivity index (χ2n) is 7.40. The highest BCUT2D eigenvalue weighted by molar-refractivity contribution is 5.79. The molecular formula is C21H25N3O3. The van der Waals surface area contributed by atoms with Crippen LogP contribution in [-0.4, -0.2) is 29.9 Å². The van der Waals surface area contributed by atoms with Crippen LogP contribution in [-0.2, 0) is 11.8 Å². The maximum Gasteiger partial charge on any atom is 0.419 e. The largest absolute Gasteiger partial charge is 0.419 e. The number of rotatable bonds is 3. The van der Waals surface area contributed by atoms with E-state index in [2.05, 4.69) is 49.2 Å². The minimum absolute atomic E-state index is 0.236. The average Bonchev–Trinajstić information content (AvgIpc) is 2.90. The molecule has 1 saturated heterocycles. The first-order chi connectivity index (χ1) is 12.9. The van der Waals surface area contributed by atoms with Gasteiger partial charge >= 0.3 is 5.76 Å². The van der Waals surface area contributed by atoms with Gasteiger partial charge in [0.1, 0.15) is 0 Å². The maximum atomic E-state index is 11.7. The summed E-state index contributed by atoms with van der Waals surface area (Å²) in [7, 11) is 1.71. The predicted molar refractivity (Wildman–Crippen MR) is 108 cm³/mol. The summed E-state index contributed by atoms with van der Waals surface area (Å²) in [6, 6.07) is 12.1. The number of anilines is 3. The standard InChI is InChI=1S/C21H25N3O3/c1-13-9-17(24-11-14(2)26-15(3)12-24)6-7-18(13)22-16-5-8-20-19(10-16)23(4)21(25)27-20/h5-10,14-15,22H,11-12H2,1-4H3. The molecular weight excluding hydrogens is 342 g/mol. The zero-order valence-corrected chi connectivity index (χ0v) is 16.2. The van der Waals surface area contributed by atoms with Crippen molar-refractivity contribution >= 4 is 28.2 Å². The lowest BCUT2D eigenvalue weighted by molar-refractivity contribution is -0.00521. The Morgan fingerprint density at radius 2 is 1.81 bits per heavy atom. The average molecular weight is 367 g/mol. The Labute approximate surface area is 158 Å². The van der Waals surface area contributed by atoms with Gasteiger partial charge in [-0.15, -0.1) is 0 Å². The molecule has 0 radical (unpaired) electrons. The number of ether oxygens (including phenoxy) is 1. The van der Waals surface area contributed by atoms with E-state index in [0.717, 1.165) is 30.0 Å². The number of hydrogen-bond donors (Lipinski definition) is 1. The first kappa shape index (κ1) is 17.7. The normalized spacial score (nSPS) is 20.2. The highest BCUT2D eigenvalue weighted by Crippen LogP contribution is 2.28. The van der Waals surface area contributed by atoms with E-state index in [-0.39, 0.29) is 18.0 Å². The number of oxazole rings is 1. The molecule has 27 heavy (non-hydrogen) atoms. The Morgan fingerprint density at radius 3 is 2.52 bits per heavy atom. The molecule has 6 heteroatoms. The lowest BCUT2D eigenvalue weighted by Gasteiger charge is -2.37. The van der Waals surface area contributed by atoms with Crippen LogP contribution in [0, 0.1) is 6.92 Å². The third-order valence-corrected chi connectivity index (χ3v) is 5.07. The smallest absolute Gasteiger partial charge is 0.408 e. The van der Waals surface area contributed by atoms with E-state index >= 15 is 0 Å². The number of nitrogens with one attached hydrogen (secondary N) is 1. The summed E-state index contributed by atoms with van der Waals surface area (Å²) in [5, 5.41) is 3.45. The van der Waals surface area contributed by atoms with Gasteiger partial charge in [0.05, 0.1) is 17.7 Å². The third-order valence-electron chi connectivity index (χ3n) is 5.07. The van der Waals surface area contributed by atoms with Crippen LogP contribution in [0.15, 0.2) is 45.6 Å². The summed E-state index contributed by atoms with van der Waals surface area (Å²) in [4.78, 5) is 14.0. The summed E-state index contributed by atoms with van der Waals surface area (Å²) in [5.74, 6) is -0.350. The number of nitrogens with zero attached hydrogens (tertiary/aromatic N) is 2. The van der Waals surface area contributed by atoms with Crippen molar-refractivity contribution in [2.75, 3.05) is 23.3 Å². The van der Waals surface area contributed by atoms with Gasteiger partial charge in [0.2, 0.25) is 0 Å². The zero-order valence-electron chi connectivity index (χ0n) is 16.2. The van der Waals surface area contributed by atoms with E-state index in [1.807, 2.05) is 18.2 Å². The first-order valence-electron chi connectivity index (χ1n) is 9.28. The molecule has 0 spiro atoms. The molecule has 1 aliphatic rings. The van der Waals surface area contributed by atoms with Crippen molar-refractivity contribution in [3.63, 3.8) is 0 Å². The molecule has 142 valence electrons. The first-order valence-corrected chi connectivity index (χ1v) is 9.28. The van der Waals surface area contributed by atoms with Crippen LogP contribution in [0.4, 0.5) is 17.1 Å². The number of fused-ring (bicyclic) bond motifs is 1. The lowest BCUT2D eigenvalue weighted by Crippen LogP contribution is -2.45. The second-order valence-corrected chi connectivity index (χ2v) is 7.40. The molecule has 3 aromatic rings. The van der Waals surface area contributed by atoms with Gasteiger partial charge in [-0.25, -0.2) is 4.79 Å². The molecule has 1 aromatic heterocycles. The fraction of sp³-hybridized carbons (Fsp3) is 0.381. The fourth-order valence-electron chi connectivity index (χ4n) is 3.73. The SMILES string of the molecule is Cc1cc(N2CC(C)OC(C)C2)ccc1Nc1ccc2oc(=O)n(C)c2c1. The van der Waals surface area contributed by atoms with Gasteiger partial charge in [-0.3, -0.25) is 4.57 Å². The van der Waals surface area contributed by atoms with Crippen molar-refractivity contribution in [1.82, 2.24) is 4.57 Å². The minimum Gasteiger partial charge on any atom is -0.408 e. The van der Waals surface area contributed by atoms with Crippen LogP contribution in [0.3, 0.4) is 0 Å². The van der Waals surface area contributed by atoms with Gasteiger partial charge in [0.15, 0.2) is 5.58 Å². The number of aryl methyl sites for hydroxylation is 2. The topological polar surface area (TPSA) is 59.6 Å². The monoisotopic (exact) mass is 367 g/mol. The third kappa shape index (κ3) is 3.45.